The Balaban J connectivity index is 3.34. The van der Waals surface area contributed by atoms with Crippen LogP contribution < -0.4 is 4.74 Å². The normalized spacial score (nSPS) is 9.93. The maximum Gasteiger partial charge on any atom is 0.341 e. The van der Waals surface area contributed by atoms with Crippen LogP contribution in [-0.2, 0) is 5.33 Å². The molecule has 0 aliphatic rings. The standard InChI is InChI=1S/C9H8BrClO3/c1-14-7-3-5(4-10)2-6(11)8(7)9(12)13/h2-3H,4H2,1H3,(H,12,13). The smallest absolute Gasteiger partial charge is 0.341 e. The maximum atomic E-state index is 10.8. The van der Waals surface area contributed by atoms with Crippen molar-refractivity contribution in [1.82, 2.24) is 0 Å². The van der Waals surface area contributed by atoms with Crippen molar-refractivity contribution < 1.29 is 14.6 Å². The van der Waals surface area contributed by atoms with Crippen LogP contribution in [0.1, 0.15) is 15.9 Å². The number of ether oxygens (including phenoxy) is 1. The maximum absolute atomic E-state index is 10.8. The van der Waals surface area contributed by atoms with Gasteiger partial charge in [0.2, 0.25) is 0 Å². The number of hydrogen-bond acceptors (Lipinski definition) is 2. The van der Waals surface area contributed by atoms with E-state index in [1.807, 2.05) is 0 Å². The van der Waals surface area contributed by atoms with E-state index in [0.29, 0.717) is 5.33 Å². The summed E-state index contributed by atoms with van der Waals surface area (Å²) in [5, 5.41) is 9.65. The van der Waals surface area contributed by atoms with Gasteiger partial charge in [-0.2, -0.15) is 0 Å². The molecule has 76 valence electrons. The molecule has 0 saturated carbocycles. The average molecular weight is 280 g/mol. The Morgan fingerprint density at radius 1 is 1.64 bits per heavy atom. The Morgan fingerprint density at radius 3 is 2.71 bits per heavy atom. The summed E-state index contributed by atoms with van der Waals surface area (Å²) in [6, 6.07) is 3.24. The molecule has 1 aromatic rings. The Kier molecular flexibility index (Phi) is 3.77. The Labute approximate surface area is 94.8 Å². The third-order valence-electron chi connectivity index (χ3n) is 1.70. The van der Waals surface area contributed by atoms with E-state index in [0.717, 1.165) is 5.56 Å². The number of rotatable bonds is 3. The molecule has 0 fully saturated rings. The molecule has 5 heteroatoms. The SMILES string of the molecule is COc1cc(CBr)cc(Cl)c1C(=O)O. The number of methoxy groups -OCH3 is 1. The predicted octanol–water partition coefficient (Wildman–Crippen LogP) is 2.94. The first kappa shape index (κ1) is 11.3. The van der Waals surface area contributed by atoms with Crippen LogP contribution in [0.2, 0.25) is 5.02 Å². The van der Waals surface area contributed by atoms with Gasteiger partial charge in [-0.1, -0.05) is 27.5 Å². The van der Waals surface area contributed by atoms with Gasteiger partial charge in [0.25, 0.3) is 0 Å². The van der Waals surface area contributed by atoms with Crippen LogP contribution in [0, 0.1) is 0 Å². The van der Waals surface area contributed by atoms with Gasteiger partial charge in [0, 0.05) is 5.33 Å². The van der Waals surface area contributed by atoms with Crippen LogP contribution in [0.5, 0.6) is 5.75 Å². The van der Waals surface area contributed by atoms with Crippen molar-refractivity contribution in [2.75, 3.05) is 7.11 Å². The quantitative estimate of drug-likeness (QED) is 0.865. The summed E-state index contributed by atoms with van der Waals surface area (Å²) in [7, 11) is 1.41. The number of carbonyl (C=O) groups is 1. The van der Waals surface area contributed by atoms with Crippen molar-refractivity contribution >= 4 is 33.5 Å². The number of carboxylic acid groups (broad SMARTS) is 1. The van der Waals surface area contributed by atoms with Gasteiger partial charge in [0.05, 0.1) is 12.1 Å². The van der Waals surface area contributed by atoms with Crippen molar-refractivity contribution in [3.05, 3.63) is 28.3 Å². The van der Waals surface area contributed by atoms with E-state index in [2.05, 4.69) is 15.9 Å². The third-order valence-corrected chi connectivity index (χ3v) is 2.65. The summed E-state index contributed by atoms with van der Waals surface area (Å²) < 4.78 is 4.94. The number of halogens is 2. The summed E-state index contributed by atoms with van der Waals surface area (Å²) in [6.07, 6.45) is 0. The van der Waals surface area contributed by atoms with Gasteiger partial charge >= 0.3 is 5.97 Å². The molecule has 0 unspecified atom stereocenters. The first-order valence-electron chi connectivity index (χ1n) is 3.75. The highest BCUT2D eigenvalue weighted by Gasteiger charge is 2.16. The second kappa shape index (κ2) is 4.66. The summed E-state index contributed by atoms with van der Waals surface area (Å²) in [6.45, 7) is 0. The lowest BCUT2D eigenvalue weighted by atomic mass is 10.1. The second-order valence-corrected chi connectivity index (χ2v) is 3.56. The molecular formula is C9H8BrClO3. The topological polar surface area (TPSA) is 46.5 Å². The highest BCUT2D eigenvalue weighted by Crippen LogP contribution is 2.29. The molecule has 0 heterocycles. The Morgan fingerprint density at radius 2 is 2.29 bits per heavy atom. The zero-order valence-corrected chi connectivity index (χ0v) is 9.72. The minimum Gasteiger partial charge on any atom is -0.496 e. The fourth-order valence-corrected chi connectivity index (χ4v) is 1.72. The minimum atomic E-state index is -1.09. The van der Waals surface area contributed by atoms with E-state index in [4.69, 9.17) is 21.4 Å². The largest absolute Gasteiger partial charge is 0.496 e. The van der Waals surface area contributed by atoms with Gasteiger partial charge in [-0.25, -0.2) is 4.79 Å². The first-order chi connectivity index (χ1) is 6.60. The summed E-state index contributed by atoms with van der Waals surface area (Å²) in [5.74, 6) is -0.813. The van der Waals surface area contributed by atoms with Crippen LogP contribution in [0.4, 0.5) is 0 Å². The zero-order valence-electron chi connectivity index (χ0n) is 7.38. The molecule has 3 nitrogen and oxygen atoms in total. The number of hydrogen-bond donors (Lipinski definition) is 1. The molecule has 0 spiro atoms. The van der Waals surface area contributed by atoms with Crippen LogP contribution in [0.3, 0.4) is 0 Å². The van der Waals surface area contributed by atoms with E-state index in [9.17, 15) is 4.79 Å². The van der Waals surface area contributed by atoms with E-state index in [1.54, 1.807) is 12.1 Å². The van der Waals surface area contributed by atoms with Gasteiger partial charge in [-0.05, 0) is 17.7 Å². The van der Waals surface area contributed by atoms with E-state index in [-0.39, 0.29) is 16.3 Å². The highest BCUT2D eigenvalue weighted by molar-refractivity contribution is 9.08. The molecule has 0 aliphatic heterocycles. The highest BCUT2D eigenvalue weighted by atomic mass is 79.9. The van der Waals surface area contributed by atoms with Crippen molar-refractivity contribution in [3.63, 3.8) is 0 Å². The molecule has 0 amide bonds. The van der Waals surface area contributed by atoms with Crippen LogP contribution in [-0.4, -0.2) is 18.2 Å². The molecule has 1 rings (SSSR count). The van der Waals surface area contributed by atoms with Crippen LogP contribution in [0.25, 0.3) is 0 Å². The molecular weight excluding hydrogens is 271 g/mol. The lowest BCUT2D eigenvalue weighted by molar-refractivity contribution is 0.0693. The van der Waals surface area contributed by atoms with E-state index >= 15 is 0 Å². The van der Waals surface area contributed by atoms with Gasteiger partial charge in [-0.3, -0.25) is 0 Å². The average Bonchev–Trinajstić information content (AvgIpc) is 2.15. The zero-order chi connectivity index (χ0) is 10.7. The summed E-state index contributed by atoms with van der Waals surface area (Å²) in [4.78, 5) is 10.8. The van der Waals surface area contributed by atoms with Crippen molar-refractivity contribution in [3.8, 4) is 5.75 Å². The Hall–Kier alpha value is -0.740. The minimum absolute atomic E-state index is 0.00105. The summed E-state index contributed by atoms with van der Waals surface area (Å²) >= 11 is 9.06. The molecule has 0 atom stereocenters. The lowest BCUT2D eigenvalue weighted by Gasteiger charge is -2.08. The number of alkyl halides is 1. The van der Waals surface area contributed by atoms with Crippen molar-refractivity contribution in [1.29, 1.82) is 0 Å². The van der Waals surface area contributed by atoms with Crippen LogP contribution in [0.15, 0.2) is 12.1 Å². The van der Waals surface area contributed by atoms with Gasteiger partial charge < -0.3 is 9.84 Å². The number of aromatic carboxylic acids is 1. The number of carboxylic acids is 1. The first-order valence-corrected chi connectivity index (χ1v) is 5.25. The molecule has 1 aromatic carbocycles. The van der Waals surface area contributed by atoms with Gasteiger partial charge in [0.1, 0.15) is 11.3 Å². The molecule has 14 heavy (non-hydrogen) atoms. The third kappa shape index (κ3) is 2.19. The predicted molar refractivity (Wildman–Crippen MR) is 57.6 cm³/mol. The van der Waals surface area contributed by atoms with Crippen molar-refractivity contribution in [2.45, 2.75) is 5.33 Å². The van der Waals surface area contributed by atoms with Gasteiger partial charge in [-0.15, -0.1) is 0 Å². The monoisotopic (exact) mass is 278 g/mol. The molecule has 0 aromatic heterocycles. The fraction of sp³-hybridized carbons (Fsp3) is 0.222. The fourth-order valence-electron chi connectivity index (χ4n) is 1.08. The summed E-state index contributed by atoms with van der Waals surface area (Å²) in [5.41, 5.74) is 0.871. The van der Waals surface area contributed by atoms with E-state index in [1.165, 1.54) is 7.11 Å². The molecule has 0 saturated heterocycles. The molecule has 0 aliphatic carbocycles. The Bertz CT molecular complexity index is 365. The van der Waals surface area contributed by atoms with E-state index < -0.39 is 5.97 Å². The second-order valence-electron chi connectivity index (χ2n) is 2.59. The van der Waals surface area contributed by atoms with Gasteiger partial charge in [0.15, 0.2) is 0 Å². The number of benzene rings is 1. The lowest BCUT2D eigenvalue weighted by Crippen LogP contribution is -2.02. The molecule has 1 N–H and O–H groups in total. The molecule has 0 radical (unpaired) electrons. The van der Waals surface area contributed by atoms with Crippen molar-refractivity contribution in [2.24, 2.45) is 0 Å². The van der Waals surface area contributed by atoms with Crippen LogP contribution >= 0.6 is 27.5 Å². The molecule has 0 bridgehead atoms.